The molecule has 0 saturated heterocycles. The number of aliphatic hydroxyl groups is 1. The molecule has 0 radical (unpaired) electrons. The summed E-state index contributed by atoms with van der Waals surface area (Å²) in [7, 11) is 3.78. The number of carbonyl (C=O) groups excluding carboxylic acids is 2. The second-order valence-corrected chi connectivity index (χ2v) is 15.8. The van der Waals surface area contributed by atoms with Crippen LogP contribution in [0.15, 0.2) is 36.4 Å². The zero-order valence-electron chi connectivity index (χ0n) is 31.6. The van der Waals surface area contributed by atoms with Gasteiger partial charge < -0.3 is 24.7 Å². The van der Waals surface area contributed by atoms with Gasteiger partial charge in [-0.3, -0.25) is 24.2 Å². The number of hydrogen-bond acceptors (Lipinski definition) is 8. The van der Waals surface area contributed by atoms with Crippen LogP contribution in [0.5, 0.6) is 0 Å². The standard InChI is InChI=1S/C41H50ClN7O5/c1-24(50)20-48-17-15-34-32(22-48)43-38(46(34)3)36(51)19-28-7-5-8-29(25(28)2)30-9-6-10-31(37(30)42)45-40(52)39-44-33-23-49(18-16-35(33)47(39)4)21-26-11-13-27(14-12-26)41(53)54/h5-10,24,26-27,50H,11-23H2,1-4H3,(H,45,52)(H,53,54)/t24-,26?,27?/m1/s1. The third-order valence-electron chi connectivity index (χ3n) is 11.7. The number of β-amino-alcohol motifs (C(OH)–C–C–N with tert-alkyl or cyclic N) is 1. The highest BCUT2D eigenvalue weighted by atomic mass is 35.5. The molecule has 0 bridgehead atoms. The van der Waals surface area contributed by atoms with Gasteiger partial charge in [0.05, 0.1) is 34.1 Å². The number of aromatic nitrogens is 4. The van der Waals surface area contributed by atoms with Crippen molar-refractivity contribution in [1.82, 2.24) is 28.9 Å². The van der Waals surface area contributed by atoms with Gasteiger partial charge in [0, 0.05) is 89.6 Å². The SMILES string of the molecule is Cc1c(CC(=O)c2nc3c(n2C)CCN(C[C@@H](C)O)C3)cccc1-c1cccc(NC(=O)c2nc3c(n2C)CCN(CC2CCC(C(=O)O)CC2)C3)c1Cl. The second kappa shape index (κ2) is 15.8. The number of rotatable bonds is 11. The molecule has 13 heteroatoms. The first-order valence-corrected chi connectivity index (χ1v) is 19.4. The normalized spacial score (nSPS) is 19.6. The molecule has 1 atom stereocenters. The minimum absolute atomic E-state index is 0.0647. The zero-order chi connectivity index (χ0) is 38.3. The van der Waals surface area contributed by atoms with E-state index in [4.69, 9.17) is 21.6 Å². The van der Waals surface area contributed by atoms with Gasteiger partial charge in [-0.15, -0.1) is 0 Å². The summed E-state index contributed by atoms with van der Waals surface area (Å²) in [5.74, 6) is -0.0577. The lowest BCUT2D eigenvalue weighted by atomic mass is 9.81. The maximum Gasteiger partial charge on any atom is 0.306 e. The van der Waals surface area contributed by atoms with Gasteiger partial charge in [-0.25, -0.2) is 9.97 Å². The topological polar surface area (TPSA) is 146 Å². The summed E-state index contributed by atoms with van der Waals surface area (Å²) in [5, 5.41) is 22.6. The van der Waals surface area contributed by atoms with Crippen molar-refractivity contribution in [3.05, 3.63) is 87.0 Å². The fraction of sp³-hybridized carbons (Fsp3) is 0.488. The predicted octanol–water partition coefficient (Wildman–Crippen LogP) is 5.45. The number of fused-ring (bicyclic) bond motifs is 2. The molecule has 1 amide bonds. The molecule has 2 aromatic carbocycles. The number of ketones is 1. The highest BCUT2D eigenvalue weighted by Crippen LogP contribution is 2.37. The number of imidazole rings is 2. The van der Waals surface area contributed by atoms with Crippen LogP contribution in [-0.2, 0) is 51.2 Å². The van der Waals surface area contributed by atoms with Gasteiger partial charge in [-0.1, -0.05) is 41.9 Å². The van der Waals surface area contributed by atoms with Crippen molar-refractivity contribution in [2.24, 2.45) is 25.9 Å². The number of anilines is 1. The lowest BCUT2D eigenvalue weighted by Gasteiger charge is -2.33. The van der Waals surface area contributed by atoms with Gasteiger partial charge >= 0.3 is 5.97 Å². The van der Waals surface area contributed by atoms with E-state index >= 15 is 0 Å². The molecular formula is C41H50ClN7O5. The number of halogens is 1. The van der Waals surface area contributed by atoms with Crippen LogP contribution in [0.1, 0.15) is 87.7 Å². The molecule has 1 fully saturated rings. The van der Waals surface area contributed by atoms with E-state index in [1.54, 1.807) is 13.0 Å². The maximum atomic E-state index is 13.7. The van der Waals surface area contributed by atoms with Crippen LogP contribution in [0.4, 0.5) is 5.69 Å². The maximum absolute atomic E-state index is 13.7. The van der Waals surface area contributed by atoms with E-state index in [1.165, 1.54) is 0 Å². The van der Waals surface area contributed by atoms with E-state index in [9.17, 15) is 24.6 Å². The fourth-order valence-electron chi connectivity index (χ4n) is 8.69. The Bertz CT molecular complexity index is 2080. The summed E-state index contributed by atoms with van der Waals surface area (Å²) in [5.41, 5.74) is 7.81. The zero-order valence-corrected chi connectivity index (χ0v) is 32.3. The van der Waals surface area contributed by atoms with Crippen LogP contribution >= 0.6 is 11.6 Å². The van der Waals surface area contributed by atoms with Crippen LogP contribution < -0.4 is 5.32 Å². The summed E-state index contributed by atoms with van der Waals surface area (Å²) < 4.78 is 3.80. The van der Waals surface area contributed by atoms with Crippen LogP contribution in [0, 0.1) is 18.8 Å². The van der Waals surface area contributed by atoms with E-state index in [0.717, 1.165) is 103 Å². The number of carboxylic acids is 1. The van der Waals surface area contributed by atoms with Crippen LogP contribution in [0.25, 0.3) is 11.1 Å². The number of amides is 1. The Labute approximate surface area is 321 Å². The van der Waals surface area contributed by atoms with Crippen molar-refractivity contribution in [3.63, 3.8) is 0 Å². The Kier molecular flexibility index (Phi) is 11.1. The van der Waals surface area contributed by atoms with Gasteiger partial charge in [0.25, 0.3) is 5.91 Å². The van der Waals surface area contributed by atoms with Crippen molar-refractivity contribution in [2.45, 2.75) is 78.0 Å². The molecule has 286 valence electrons. The first-order valence-electron chi connectivity index (χ1n) is 19.0. The molecule has 3 N–H and O–H groups in total. The molecule has 2 aliphatic heterocycles. The molecule has 4 heterocycles. The number of carboxylic acid groups (broad SMARTS) is 1. The van der Waals surface area contributed by atoms with Gasteiger partial charge in [-0.2, -0.15) is 0 Å². The first-order chi connectivity index (χ1) is 25.9. The molecule has 12 nitrogen and oxygen atoms in total. The van der Waals surface area contributed by atoms with Gasteiger partial charge in [0.2, 0.25) is 5.78 Å². The summed E-state index contributed by atoms with van der Waals surface area (Å²) in [6.45, 7) is 8.21. The van der Waals surface area contributed by atoms with Gasteiger partial charge in [0.15, 0.2) is 11.6 Å². The molecule has 3 aliphatic rings. The van der Waals surface area contributed by atoms with Crippen molar-refractivity contribution in [1.29, 1.82) is 0 Å². The average molecular weight is 756 g/mol. The largest absolute Gasteiger partial charge is 0.481 e. The number of nitrogens with one attached hydrogen (secondary N) is 1. The molecule has 2 aromatic heterocycles. The minimum atomic E-state index is -0.681. The molecule has 0 unspecified atom stereocenters. The molecular weight excluding hydrogens is 706 g/mol. The molecule has 0 spiro atoms. The van der Waals surface area contributed by atoms with Gasteiger partial charge in [-0.05, 0) is 68.2 Å². The van der Waals surface area contributed by atoms with Crippen molar-refractivity contribution >= 4 is 34.9 Å². The summed E-state index contributed by atoms with van der Waals surface area (Å²) in [6, 6.07) is 11.4. The smallest absolute Gasteiger partial charge is 0.306 e. The predicted molar refractivity (Wildman–Crippen MR) is 207 cm³/mol. The summed E-state index contributed by atoms with van der Waals surface area (Å²) >= 11 is 7.02. The molecule has 1 aliphatic carbocycles. The average Bonchev–Trinajstić information content (AvgIpc) is 3.65. The van der Waals surface area contributed by atoms with Crippen LogP contribution in [-0.4, -0.2) is 89.1 Å². The first kappa shape index (κ1) is 37.9. The van der Waals surface area contributed by atoms with Crippen molar-refractivity contribution in [2.75, 3.05) is 31.5 Å². The highest BCUT2D eigenvalue weighted by Gasteiger charge is 2.31. The number of hydrogen-bond donors (Lipinski definition) is 3. The summed E-state index contributed by atoms with van der Waals surface area (Å²) in [6.07, 6.45) is 4.65. The van der Waals surface area contributed by atoms with E-state index in [2.05, 4.69) is 15.1 Å². The van der Waals surface area contributed by atoms with Crippen LogP contribution in [0.3, 0.4) is 0 Å². The number of carbonyl (C=O) groups is 3. The van der Waals surface area contributed by atoms with E-state index < -0.39 is 12.1 Å². The third-order valence-corrected chi connectivity index (χ3v) is 12.1. The number of nitrogens with zero attached hydrogens (tertiary/aromatic N) is 6. The van der Waals surface area contributed by atoms with E-state index in [1.807, 2.05) is 60.5 Å². The molecule has 1 saturated carbocycles. The third kappa shape index (κ3) is 7.75. The lowest BCUT2D eigenvalue weighted by molar-refractivity contribution is -0.143. The highest BCUT2D eigenvalue weighted by molar-refractivity contribution is 6.36. The van der Waals surface area contributed by atoms with E-state index in [-0.39, 0.29) is 24.0 Å². The fourth-order valence-corrected chi connectivity index (χ4v) is 8.97. The van der Waals surface area contributed by atoms with Gasteiger partial charge in [0.1, 0.15) is 0 Å². The molecule has 54 heavy (non-hydrogen) atoms. The quantitative estimate of drug-likeness (QED) is 0.170. The Morgan fingerprint density at radius 2 is 1.50 bits per heavy atom. The van der Waals surface area contributed by atoms with Crippen LogP contribution in [0.2, 0.25) is 5.02 Å². The van der Waals surface area contributed by atoms with Crippen molar-refractivity contribution in [3.8, 4) is 11.1 Å². The minimum Gasteiger partial charge on any atom is -0.481 e. The van der Waals surface area contributed by atoms with E-state index in [0.29, 0.717) is 47.9 Å². The van der Waals surface area contributed by atoms with Crippen molar-refractivity contribution < 1.29 is 24.6 Å². The monoisotopic (exact) mass is 755 g/mol. The Morgan fingerprint density at radius 3 is 2.19 bits per heavy atom. The number of Topliss-reactive ketones (excluding diaryl/α,β-unsaturated/α-hetero) is 1. The number of aliphatic hydroxyl groups excluding tert-OH is 1. The lowest BCUT2D eigenvalue weighted by Crippen LogP contribution is -2.36. The Balaban J connectivity index is 1.03. The molecule has 4 aromatic rings. The molecule has 7 rings (SSSR count). The summed E-state index contributed by atoms with van der Waals surface area (Å²) in [4.78, 5) is 52.9. The second-order valence-electron chi connectivity index (χ2n) is 15.5. The number of aliphatic carboxylic acids is 1. The Hall–Kier alpha value is -4.36. The number of benzene rings is 2. The Morgan fingerprint density at radius 1 is 0.889 bits per heavy atom.